The molecule has 0 amide bonds. The summed E-state index contributed by atoms with van der Waals surface area (Å²) in [4.78, 5) is 10.7. The van der Waals surface area contributed by atoms with Gasteiger partial charge in [-0.3, -0.25) is 4.79 Å². The van der Waals surface area contributed by atoms with Crippen LogP contribution in [0.1, 0.15) is 52.9 Å². The monoisotopic (exact) mass is 268 g/mol. The van der Waals surface area contributed by atoms with Crippen LogP contribution in [0.4, 0.5) is 8.78 Å². The maximum atomic E-state index is 12.9. The summed E-state index contributed by atoms with van der Waals surface area (Å²) in [5, 5.41) is 0. The highest BCUT2D eigenvalue weighted by atomic mass is 32.2. The SMILES string of the molecule is CCC(OC(C)=O)SCCCCC(F)(F)CC. The lowest BCUT2D eigenvalue weighted by Gasteiger charge is -2.15. The van der Waals surface area contributed by atoms with Crippen LogP contribution in [0.3, 0.4) is 0 Å². The molecule has 0 N–H and O–H groups in total. The Morgan fingerprint density at radius 3 is 2.47 bits per heavy atom. The lowest BCUT2D eigenvalue weighted by molar-refractivity contribution is -0.142. The molecule has 0 saturated carbocycles. The summed E-state index contributed by atoms with van der Waals surface area (Å²) < 4.78 is 30.8. The van der Waals surface area contributed by atoms with Gasteiger partial charge in [0.2, 0.25) is 5.92 Å². The number of hydrogen-bond acceptors (Lipinski definition) is 3. The minimum atomic E-state index is -2.52. The molecule has 0 aliphatic heterocycles. The van der Waals surface area contributed by atoms with E-state index in [1.54, 1.807) is 0 Å². The predicted molar refractivity (Wildman–Crippen MR) is 67.4 cm³/mol. The third kappa shape index (κ3) is 9.39. The van der Waals surface area contributed by atoms with Gasteiger partial charge in [0, 0.05) is 19.8 Å². The molecule has 5 heteroatoms. The molecule has 0 aliphatic rings. The number of unbranched alkanes of at least 4 members (excludes halogenated alkanes) is 1. The molecule has 0 rings (SSSR count). The van der Waals surface area contributed by atoms with E-state index in [9.17, 15) is 13.6 Å². The Labute approximate surface area is 106 Å². The van der Waals surface area contributed by atoms with E-state index in [1.165, 1.54) is 25.6 Å². The van der Waals surface area contributed by atoms with Crippen molar-refractivity contribution in [3.8, 4) is 0 Å². The van der Waals surface area contributed by atoms with Crippen LogP contribution in [-0.2, 0) is 9.53 Å². The fraction of sp³-hybridized carbons (Fsp3) is 0.917. The molecule has 0 bridgehead atoms. The third-order valence-corrected chi connectivity index (χ3v) is 3.71. The van der Waals surface area contributed by atoms with Crippen LogP contribution in [-0.4, -0.2) is 23.1 Å². The van der Waals surface area contributed by atoms with Gasteiger partial charge in [-0.2, -0.15) is 0 Å². The highest BCUT2D eigenvalue weighted by Gasteiger charge is 2.24. The zero-order valence-electron chi connectivity index (χ0n) is 10.8. The van der Waals surface area contributed by atoms with E-state index >= 15 is 0 Å². The summed E-state index contributed by atoms with van der Waals surface area (Å²) >= 11 is 1.52. The van der Waals surface area contributed by atoms with Crippen LogP contribution in [0.15, 0.2) is 0 Å². The number of rotatable bonds is 9. The van der Waals surface area contributed by atoms with Gasteiger partial charge in [-0.15, -0.1) is 11.8 Å². The first-order chi connectivity index (χ1) is 7.91. The van der Waals surface area contributed by atoms with Gasteiger partial charge in [-0.05, 0) is 25.0 Å². The van der Waals surface area contributed by atoms with Gasteiger partial charge in [0.15, 0.2) is 0 Å². The summed E-state index contributed by atoms with van der Waals surface area (Å²) in [6.45, 7) is 4.82. The Morgan fingerprint density at radius 1 is 1.35 bits per heavy atom. The minimum absolute atomic E-state index is 0.0472. The first kappa shape index (κ1) is 16.7. The lowest BCUT2D eigenvalue weighted by Crippen LogP contribution is -2.14. The van der Waals surface area contributed by atoms with Gasteiger partial charge in [0.25, 0.3) is 0 Å². The summed E-state index contributed by atoms with van der Waals surface area (Å²) in [5.41, 5.74) is -0.140. The maximum Gasteiger partial charge on any atom is 0.303 e. The van der Waals surface area contributed by atoms with Gasteiger partial charge < -0.3 is 4.74 Å². The highest BCUT2D eigenvalue weighted by Crippen LogP contribution is 2.26. The van der Waals surface area contributed by atoms with E-state index < -0.39 is 5.92 Å². The lowest BCUT2D eigenvalue weighted by atomic mass is 10.1. The zero-order valence-corrected chi connectivity index (χ0v) is 11.6. The predicted octanol–water partition coefficient (Wildman–Crippen LogP) is 4.23. The van der Waals surface area contributed by atoms with Crippen LogP contribution < -0.4 is 0 Å². The standard InChI is InChI=1S/C12H22F2O2S/c1-4-11(16-10(3)15)17-9-7-6-8-12(13,14)5-2/h11H,4-9H2,1-3H3. The van der Waals surface area contributed by atoms with E-state index in [0.29, 0.717) is 6.42 Å². The second-order valence-corrected chi connectivity index (χ2v) is 5.25. The second kappa shape index (κ2) is 8.72. The van der Waals surface area contributed by atoms with Crippen molar-refractivity contribution in [2.24, 2.45) is 0 Å². The van der Waals surface area contributed by atoms with Gasteiger partial charge >= 0.3 is 5.97 Å². The summed E-state index contributed by atoms with van der Waals surface area (Å²) in [5.74, 6) is -2.06. The van der Waals surface area contributed by atoms with Crippen LogP contribution in [0.25, 0.3) is 0 Å². The Kier molecular flexibility index (Phi) is 8.56. The molecule has 0 aromatic rings. The van der Waals surface area contributed by atoms with Crippen molar-refractivity contribution in [1.29, 1.82) is 0 Å². The molecule has 17 heavy (non-hydrogen) atoms. The van der Waals surface area contributed by atoms with E-state index in [4.69, 9.17) is 4.74 Å². The Hall–Kier alpha value is -0.320. The fourth-order valence-corrected chi connectivity index (χ4v) is 2.37. The highest BCUT2D eigenvalue weighted by molar-refractivity contribution is 7.99. The Morgan fingerprint density at radius 2 is 2.00 bits per heavy atom. The zero-order chi connectivity index (χ0) is 13.3. The van der Waals surface area contributed by atoms with Crippen molar-refractivity contribution < 1.29 is 18.3 Å². The van der Waals surface area contributed by atoms with E-state index in [-0.39, 0.29) is 24.2 Å². The van der Waals surface area contributed by atoms with Crippen LogP contribution in [0, 0.1) is 0 Å². The molecule has 0 saturated heterocycles. The number of carbonyl (C=O) groups excluding carboxylic acids is 1. The van der Waals surface area contributed by atoms with E-state index in [2.05, 4.69) is 0 Å². The largest absolute Gasteiger partial charge is 0.451 e. The number of esters is 1. The normalized spacial score (nSPS) is 13.5. The molecule has 0 radical (unpaired) electrons. The molecule has 0 fully saturated rings. The molecule has 1 atom stereocenters. The number of ether oxygens (including phenoxy) is 1. The number of hydrogen-bond donors (Lipinski definition) is 0. The van der Waals surface area contributed by atoms with Gasteiger partial charge in [-0.25, -0.2) is 8.78 Å². The van der Waals surface area contributed by atoms with Gasteiger partial charge in [-0.1, -0.05) is 13.8 Å². The first-order valence-electron chi connectivity index (χ1n) is 6.08. The maximum absolute atomic E-state index is 12.9. The van der Waals surface area contributed by atoms with Crippen molar-refractivity contribution in [2.45, 2.75) is 64.2 Å². The second-order valence-electron chi connectivity index (χ2n) is 3.98. The van der Waals surface area contributed by atoms with Crippen molar-refractivity contribution >= 4 is 17.7 Å². The average molecular weight is 268 g/mol. The van der Waals surface area contributed by atoms with Crippen LogP contribution in [0.2, 0.25) is 0 Å². The Balaban J connectivity index is 3.59. The quantitative estimate of drug-likeness (QED) is 0.355. The molecule has 0 aliphatic carbocycles. The molecule has 2 nitrogen and oxygen atoms in total. The van der Waals surface area contributed by atoms with Crippen LogP contribution in [0.5, 0.6) is 0 Å². The van der Waals surface area contributed by atoms with Gasteiger partial charge in [0.1, 0.15) is 5.44 Å². The van der Waals surface area contributed by atoms with Crippen molar-refractivity contribution in [2.75, 3.05) is 5.75 Å². The van der Waals surface area contributed by atoms with Crippen molar-refractivity contribution in [3.63, 3.8) is 0 Å². The third-order valence-electron chi connectivity index (χ3n) is 2.39. The average Bonchev–Trinajstić information content (AvgIpc) is 2.26. The van der Waals surface area contributed by atoms with E-state index in [0.717, 1.165) is 18.6 Å². The molecule has 0 aromatic heterocycles. The number of carbonyl (C=O) groups is 1. The molecule has 0 spiro atoms. The summed E-state index contributed by atoms with van der Waals surface area (Å²) in [7, 11) is 0. The topological polar surface area (TPSA) is 26.3 Å². The van der Waals surface area contributed by atoms with Gasteiger partial charge in [0.05, 0.1) is 0 Å². The number of alkyl halides is 2. The fourth-order valence-electron chi connectivity index (χ4n) is 1.30. The number of thioether (sulfide) groups is 1. The van der Waals surface area contributed by atoms with E-state index in [1.807, 2.05) is 6.92 Å². The van der Waals surface area contributed by atoms with Crippen LogP contribution >= 0.6 is 11.8 Å². The molecule has 0 aromatic carbocycles. The minimum Gasteiger partial charge on any atom is -0.451 e. The van der Waals surface area contributed by atoms with Crippen molar-refractivity contribution in [3.05, 3.63) is 0 Å². The van der Waals surface area contributed by atoms with Crippen molar-refractivity contribution in [1.82, 2.24) is 0 Å². The summed E-state index contributed by atoms with van der Waals surface area (Å²) in [6.07, 6.45) is 1.86. The molecular formula is C12H22F2O2S. The Bertz CT molecular complexity index is 223. The first-order valence-corrected chi connectivity index (χ1v) is 7.12. The smallest absolute Gasteiger partial charge is 0.303 e. The molecular weight excluding hydrogens is 246 g/mol. The molecule has 1 unspecified atom stereocenters. The molecule has 0 heterocycles. The number of halogens is 2. The molecule has 102 valence electrons. The summed E-state index contributed by atoms with van der Waals surface area (Å²) in [6, 6.07) is 0.